The van der Waals surface area contributed by atoms with Gasteiger partial charge in [-0.3, -0.25) is 9.59 Å². The summed E-state index contributed by atoms with van der Waals surface area (Å²) < 4.78 is 40.0. The Kier molecular flexibility index (Phi) is 4.14. The SMILES string of the molecule is O=C(Nc1cccc(C(F)(F)F)c1)c1c(O)c2cccc3c2n(c1=O)CCC3. The lowest BCUT2D eigenvalue weighted by Crippen LogP contribution is -2.31. The molecule has 0 unspecified atom stereocenters. The summed E-state index contributed by atoms with van der Waals surface area (Å²) in [5.41, 5.74) is -0.700. The van der Waals surface area contributed by atoms with E-state index in [2.05, 4.69) is 5.32 Å². The van der Waals surface area contributed by atoms with Gasteiger partial charge in [0.05, 0.1) is 11.1 Å². The highest BCUT2D eigenvalue weighted by atomic mass is 19.4. The summed E-state index contributed by atoms with van der Waals surface area (Å²) in [6.45, 7) is 0.399. The molecule has 144 valence electrons. The summed E-state index contributed by atoms with van der Waals surface area (Å²) in [4.78, 5) is 25.5. The first-order valence-corrected chi connectivity index (χ1v) is 8.63. The third-order valence-electron chi connectivity index (χ3n) is 4.84. The van der Waals surface area contributed by atoms with Crippen LogP contribution in [-0.4, -0.2) is 15.6 Å². The van der Waals surface area contributed by atoms with Gasteiger partial charge in [0.1, 0.15) is 11.3 Å². The second-order valence-electron chi connectivity index (χ2n) is 6.63. The smallest absolute Gasteiger partial charge is 0.416 e. The third-order valence-corrected chi connectivity index (χ3v) is 4.84. The third kappa shape index (κ3) is 2.90. The molecule has 28 heavy (non-hydrogen) atoms. The van der Waals surface area contributed by atoms with Gasteiger partial charge in [-0.1, -0.05) is 18.2 Å². The number of amides is 1. The first-order chi connectivity index (χ1) is 13.3. The van der Waals surface area contributed by atoms with Crippen molar-refractivity contribution in [1.82, 2.24) is 4.57 Å². The van der Waals surface area contributed by atoms with Crippen LogP contribution in [0.5, 0.6) is 5.75 Å². The second kappa shape index (κ2) is 6.40. The molecule has 1 aromatic heterocycles. The molecule has 2 aromatic carbocycles. The van der Waals surface area contributed by atoms with Crippen LogP contribution < -0.4 is 10.9 Å². The van der Waals surface area contributed by atoms with Gasteiger partial charge in [0.2, 0.25) is 0 Å². The molecule has 0 saturated carbocycles. The predicted octanol–water partition coefficient (Wildman–Crippen LogP) is 3.92. The molecule has 1 aliphatic rings. The van der Waals surface area contributed by atoms with Crippen LogP contribution >= 0.6 is 0 Å². The second-order valence-corrected chi connectivity index (χ2v) is 6.63. The number of benzene rings is 2. The maximum Gasteiger partial charge on any atom is 0.416 e. The molecule has 2 heterocycles. The lowest BCUT2D eigenvalue weighted by Gasteiger charge is -2.21. The molecule has 0 atom stereocenters. The van der Waals surface area contributed by atoms with Gasteiger partial charge >= 0.3 is 6.18 Å². The Bertz CT molecular complexity index is 1170. The van der Waals surface area contributed by atoms with Crippen molar-refractivity contribution in [2.24, 2.45) is 0 Å². The minimum absolute atomic E-state index is 0.119. The number of nitrogens with one attached hydrogen (secondary N) is 1. The zero-order valence-corrected chi connectivity index (χ0v) is 14.5. The van der Waals surface area contributed by atoms with Crippen LogP contribution in [0.1, 0.15) is 27.9 Å². The van der Waals surface area contributed by atoms with Crippen molar-refractivity contribution in [2.45, 2.75) is 25.6 Å². The van der Waals surface area contributed by atoms with E-state index in [0.717, 1.165) is 30.2 Å². The minimum atomic E-state index is -4.56. The van der Waals surface area contributed by atoms with Crippen LogP contribution in [0.2, 0.25) is 0 Å². The number of halogens is 3. The van der Waals surface area contributed by atoms with E-state index in [-0.39, 0.29) is 5.69 Å². The monoisotopic (exact) mass is 388 g/mol. The number of aryl methyl sites for hydroxylation is 2. The molecule has 2 N–H and O–H groups in total. The summed E-state index contributed by atoms with van der Waals surface area (Å²) in [5.74, 6) is -1.42. The maximum absolute atomic E-state index is 12.9. The van der Waals surface area contributed by atoms with Crippen molar-refractivity contribution in [3.05, 3.63) is 69.5 Å². The summed E-state index contributed by atoms with van der Waals surface area (Å²) in [6, 6.07) is 9.29. The van der Waals surface area contributed by atoms with Crippen LogP contribution in [0.4, 0.5) is 18.9 Å². The zero-order chi connectivity index (χ0) is 20.1. The number of para-hydroxylation sites is 1. The number of aromatic hydroxyl groups is 1. The van der Waals surface area contributed by atoms with Gasteiger partial charge in [-0.25, -0.2) is 0 Å². The Morgan fingerprint density at radius 2 is 1.89 bits per heavy atom. The first-order valence-electron chi connectivity index (χ1n) is 8.63. The lowest BCUT2D eigenvalue weighted by atomic mass is 9.99. The fraction of sp³-hybridized carbons (Fsp3) is 0.200. The fourth-order valence-corrected chi connectivity index (χ4v) is 3.59. The van der Waals surface area contributed by atoms with E-state index in [4.69, 9.17) is 0 Å². The van der Waals surface area contributed by atoms with Gasteiger partial charge in [-0.15, -0.1) is 0 Å². The van der Waals surface area contributed by atoms with Crippen molar-refractivity contribution in [3.63, 3.8) is 0 Å². The number of rotatable bonds is 2. The molecule has 0 spiro atoms. The highest BCUT2D eigenvalue weighted by molar-refractivity contribution is 6.09. The van der Waals surface area contributed by atoms with Crippen molar-refractivity contribution in [2.75, 3.05) is 5.32 Å². The Morgan fingerprint density at radius 3 is 2.64 bits per heavy atom. The molecular weight excluding hydrogens is 373 g/mol. The molecular formula is C20H15F3N2O3. The van der Waals surface area contributed by atoms with Gasteiger partial charge in [-0.05, 0) is 42.7 Å². The molecule has 4 rings (SSSR count). The van der Waals surface area contributed by atoms with Gasteiger partial charge in [-0.2, -0.15) is 13.2 Å². The molecule has 0 saturated heterocycles. The van der Waals surface area contributed by atoms with Crippen molar-refractivity contribution < 1.29 is 23.1 Å². The number of pyridine rings is 1. The highest BCUT2D eigenvalue weighted by Crippen LogP contribution is 2.33. The molecule has 1 amide bonds. The average molecular weight is 388 g/mol. The number of carbonyl (C=O) groups is 1. The zero-order valence-electron chi connectivity index (χ0n) is 14.5. The Labute approximate surface area is 157 Å². The molecule has 1 aliphatic heterocycles. The number of anilines is 1. The van der Waals surface area contributed by atoms with Crippen molar-refractivity contribution in [3.8, 4) is 5.75 Å². The lowest BCUT2D eigenvalue weighted by molar-refractivity contribution is -0.137. The molecule has 0 aliphatic carbocycles. The van der Waals surface area contributed by atoms with Gasteiger partial charge in [0.25, 0.3) is 11.5 Å². The van der Waals surface area contributed by atoms with E-state index < -0.39 is 34.5 Å². The summed E-state index contributed by atoms with van der Waals surface area (Å²) in [6.07, 6.45) is -3.09. The summed E-state index contributed by atoms with van der Waals surface area (Å²) in [7, 11) is 0. The molecule has 0 radical (unpaired) electrons. The van der Waals surface area contributed by atoms with Crippen LogP contribution in [0.25, 0.3) is 10.9 Å². The number of alkyl halides is 3. The van der Waals surface area contributed by atoms with E-state index in [1.807, 2.05) is 6.07 Å². The number of aromatic nitrogens is 1. The fourth-order valence-electron chi connectivity index (χ4n) is 3.59. The van der Waals surface area contributed by atoms with Crippen LogP contribution in [0, 0.1) is 0 Å². The van der Waals surface area contributed by atoms with Gasteiger partial charge in [0.15, 0.2) is 0 Å². The van der Waals surface area contributed by atoms with Crippen molar-refractivity contribution in [1.29, 1.82) is 0 Å². The number of hydrogen-bond acceptors (Lipinski definition) is 3. The van der Waals surface area contributed by atoms with Gasteiger partial charge < -0.3 is 15.0 Å². The Balaban J connectivity index is 1.80. The van der Waals surface area contributed by atoms with Crippen molar-refractivity contribution >= 4 is 22.5 Å². The Hall–Kier alpha value is -3.29. The maximum atomic E-state index is 12.9. The standard InChI is InChI=1S/C20H15F3N2O3/c21-20(22,23)12-6-2-7-13(10-12)24-18(27)15-17(26)14-8-1-4-11-5-3-9-25(16(11)14)19(15)28/h1-2,4,6-8,10,26H,3,5,9H2,(H,24,27). The molecule has 5 nitrogen and oxygen atoms in total. The molecule has 8 heteroatoms. The minimum Gasteiger partial charge on any atom is -0.506 e. The topological polar surface area (TPSA) is 71.3 Å². The number of nitrogens with zero attached hydrogens (tertiary/aromatic N) is 1. The van der Waals surface area contributed by atoms with E-state index in [1.54, 1.807) is 12.1 Å². The first kappa shape index (κ1) is 18.1. The quantitative estimate of drug-likeness (QED) is 0.699. The highest BCUT2D eigenvalue weighted by Gasteiger charge is 2.31. The van der Waals surface area contributed by atoms with E-state index in [0.29, 0.717) is 23.9 Å². The summed E-state index contributed by atoms with van der Waals surface area (Å²) >= 11 is 0. The number of carbonyl (C=O) groups excluding carboxylic acids is 1. The van der Waals surface area contributed by atoms with Crippen LogP contribution in [0.3, 0.4) is 0 Å². The van der Waals surface area contributed by atoms with Crippen LogP contribution in [0.15, 0.2) is 47.3 Å². The van der Waals surface area contributed by atoms with E-state index >= 15 is 0 Å². The predicted molar refractivity (Wildman–Crippen MR) is 97.6 cm³/mol. The number of hydrogen-bond donors (Lipinski definition) is 2. The molecule has 0 fully saturated rings. The molecule has 3 aromatic rings. The van der Waals surface area contributed by atoms with Crippen LogP contribution in [-0.2, 0) is 19.1 Å². The van der Waals surface area contributed by atoms with E-state index in [1.165, 1.54) is 10.6 Å². The average Bonchev–Trinajstić information content (AvgIpc) is 2.65. The Morgan fingerprint density at radius 1 is 1.14 bits per heavy atom. The van der Waals surface area contributed by atoms with Gasteiger partial charge in [0, 0.05) is 17.6 Å². The normalized spacial score (nSPS) is 13.5. The van der Waals surface area contributed by atoms with E-state index in [9.17, 15) is 27.9 Å². The largest absolute Gasteiger partial charge is 0.506 e. The summed E-state index contributed by atoms with van der Waals surface area (Å²) in [5, 5.41) is 13.2. The molecule has 0 bridgehead atoms.